The lowest BCUT2D eigenvalue weighted by atomic mass is 10.1. The van der Waals surface area contributed by atoms with E-state index in [4.69, 9.17) is 0 Å². The zero-order valence-electron chi connectivity index (χ0n) is 15.3. The topological polar surface area (TPSA) is 65.2 Å². The van der Waals surface area contributed by atoms with Crippen molar-refractivity contribution in [1.29, 1.82) is 0 Å². The number of H-pyrrole nitrogens is 1. The van der Waals surface area contributed by atoms with E-state index < -0.39 is 0 Å². The van der Waals surface area contributed by atoms with Gasteiger partial charge in [-0.3, -0.25) is 9.59 Å². The molecule has 1 aromatic heterocycles. The molecule has 0 saturated carbocycles. The maximum absolute atomic E-state index is 12.3. The van der Waals surface area contributed by atoms with Crippen molar-refractivity contribution >= 4 is 11.7 Å². The van der Waals surface area contributed by atoms with Gasteiger partial charge in [0.1, 0.15) is 5.69 Å². The molecular formula is C19H31N3O2. The summed E-state index contributed by atoms with van der Waals surface area (Å²) in [4.78, 5) is 29.5. The Balaban J connectivity index is 1.68. The highest BCUT2D eigenvalue weighted by Gasteiger charge is 2.19. The van der Waals surface area contributed by atoms with Crippen LogP contribution in [0.2, 0.25) is 0 Å². The molecule has 5 nitrogen and oxygen atoms in total. The second-order valence-electron chi connectivity index (χ2n) is 6.90. The fraction of sp³-hybridized carbons (Fsp3) is 0.684. The van der Waals surface area contributed by atoms with Crippen LogP contribution in [0.4, 0.5) is 0 Å². The van der Waals surface area contributed by atoms with Gasteiger partial charge in [-0.2, -0.15) is 0 Å². The predicted molar refractivity (Wildman–Crippen MR) is 96.7 cm³/mol. The van der Waals surface area contributed by atoms with Crippen LogP contribution >= 0.6 is 0 Å². The third-order valence-electron chi connectivity index (χ3n) is 4.90. The Bertz CT molecular complexity index is 571. The van der Waals surface area contributed by atoms with Gasteiger partial charge in [0.2, 0.25) is 0 Å². The third kappa shape index (κ3) is 4.94. The number of rotatable bonds is 8. The number of aromatic amines is 1. The van der Waals surface area contributed by atoms with E-state index in [2.05, 4.69) is 15.2 Å². The Labute approximate surface area is 145 Å². The van der Waals surface area contributed by atoms with Gasteiger partial charge in [0, 0.05) is 17.8 Å². The van der Waals surface area contributed by atoms with Crippen molar-refractivity contribution in [1.82, 2.24) is 15.2 Å². The summed E-state index contributed by atoms with van der Waals surface area (Å²) < 4.78 is 0. The number of hydrogen-bond donors (Lipinski definition) is 2. The van der Waals surface area contributed by atoms with Gasteiger partial charge in [0.15, 0.2) is 5.78 Å². The summed E-state index contributed by atoms with van der Waals surface area (Å²) >= 11 is 0. The quantitative estimate of drug-likeness (QED) is 0.567. The monoisotopic (exact) mass is 333 g/mol. The highest BCUT2D eigenvalue weighted by Crippen LogP contribution is 2.18. The maximum atomic E-state index is 12.3. The summed E-state index contributed by atoms with van der Waals surface area (Å²) in [6, 6.07) is 0. The molecule has 0 radical (unpaired) electrons. The maximum Gasteiger partial charge on any atom is 0.268 e. The lowest BCUT2D eigenvalue weighted by molar-refractivity contribution is 0.0947. The number of amides is 1. The molecule has 1 aliphatic heterocycles. The largest absolute Gasteiger partial charge is 0.354 e. The molecule has 0 spiro atoms. The summed E-state index contributed by atoms with van der Waals surface area (Å²) in [5.74, 6) is -0.114. The zero-order valence-corrected chi connectivity index (χ0v) is 15.3. The van der Waals surface area contributed by atoms with E-state index in [1.807, 2.05) is 13.8 Å². The van der Waals surface area contributed by atoms with Gasteiger partial charge in [-0.25, -0.2) is 0 Å². The summed E-state index contributed by atoms with van der Waals surface area (Å²) in [6.07, 6.45) is 7.40. The lowest BCUT2D eigenvalue weighted by Gasteiger charge is -2.26. The molecule has 0 aliphatic carbocycles. The predicted octanol–water partition coefficient (Wildman–Crippen LogP) is 3.22. The molecule has 0 bridgehead atoms. The lowest BCUT2D eigenvalue weighted by Crippen LogP contribution is -2.30. The minimum absolute atomic E-state index is 0.00184. The molecule has 2 N–H and O–H groups in total. The standard InChI is InChI=1S/C19H31N3O2/c1-14-17(16(3)23)15(2)21-18(14)19(24)20-10-6-4-7-11-22-12-8-5-9-13-22/h21H,4-13H2,1-3H3,(H,20,24). The van der Waals surface area contributed by atoms with Crippen LogP contribution in [0.15, 0.2) is 0 Å². The van der Waals surface area contributed by atoms with Gasteiger partial charge in [-0.1, -0.05) is 12.8 Å². The number of unbranched alkanes of at least 4 members (excludes halogenated alkanes) is 2. The Hall–Kier alpha value is -1.62. The molecule has 0 unspecified atom stereocenters. The van der Waals surface area contributed by atoms with Crippen LogP contribution in [0.1, 0.15) is 77.6 Å². The van der Waals surface area contributed by atoms with Gasteiger partial charge in [-0.05, 0) is 71.7 Å². The van der Waals surface area contributed by atoms with Crippen LogP contribution < -0.4 is 5.32 Å². The normalized spacial score (nSPS) is 15.5. The average Bonchev–Trinajstić information content (AvgIpc) is 2.86. The fourth-order valence-electron chi connectivity index (χ4n) is 3.62. The van der Waals surface area contributed by atoms with E-state index in [-0.39, 0.29) is 11.7 Å². The molecule has 1 saturated heterocycles. The number of carbonyl (C=O) groups excluding carboxylic acids is 2. The number of aryl methyl sites for hydroxylation is 1. The Morgan fingerprint density at radius 3 is 2.42 bits per heavy atom. The first kappa shape index (κ1) is 18.7. The van der Waals surface area contributed by atoms with Crippen LogP contribution in [-0.4, -0.2) is 47.8 Å². The highest BCUT2D eigenvalue weighted by molar-refractivity contribution is 6.02. The van der Waals surface area contributed by atoms with Gasteiger partial charge in [0.25, 0.3) is 5.91 Å². The number of Topliss-reactive ketones (excluding diaryl/α,β-unsaturated/α-hetero) is 1. The van der Waals surface area contributed by atoms with Crippen LogP contribution in [0, 0.1) is 13.8 Å². The van der Waals surface area contributed by atoms with E-state index in [1.165, 1.54) is 52.2 Å². The second kappa shape index (κ2) is 9.02. The summed E-state index contributed by atoms with van der Waals surface area (Å²) in [7, 11) is 0. The zero-order chi connectivity index (χ0) is 17.5. The summed E-state index contributed by atoms with van der Waals surface area (Å²) in [6.45, 7) is 9.57. The van der Waals surface area contributed by atoms with Gasteiger partial charge >= 0.3 is 0 Å². The molecule has 1 amide bonds. The number of piperidine rings is 1. The first-order chi connectivity index (χ1) is 11.5. The number of ketones is 1. The van der Waals surface area contributed by atoms with Crippen molar-refractivity contribution in [2.24, 2.45) is 0 Å². The van der Waals surface area contributed by atoms with Gasteiger partial charge in [-0.15, -0.1) is 0 Å². The minimum Gasteiger partial charge on any atom is -0.354 e. The van der Waals surface area contributed by atoms with Gasteiger partial charge in [0.05, 0.1) is 0 Å². The number of nitrogens with one attached hydrogen (secondary N) is 2. The Morgan fingerprint density at radius 2 is 1.79 bits per heavy atom. The number of likely N-dealkylation sites (tertiary alicyclic amines) is 1. The number of hydrogen-bond acceptors (Lipinski definition) is 3. The smallest absolute Gasteiger partial charge is 0.268 e. The van der Waals surface area contributed by atoms with Crippen LogP contribution in [0.3, 0.4) is 0 Å². The highest BCUT2D eigenvalue weighted by atomic mass is 16.2. The molecule has 2 heterocycles. The van der Waals surface area contributed by atoms with Crippen molar-refractivity contribution in [3.05, 3.63) is 22.5 Å². The molecule has 24 heavy (non-hydrogen) atoms. The molecular weight excluding hydrogens is 302 g/mol. The van der Waals surface area contributed by atoms with E-state index in [0.29, 0.717) is 17.8 Å². The number of aromatic nitrogens is 1. The van der Waals surface area contributed by atoms with E-state index in [0.717, 1.165) is 24.1 Å². The molecule has 1 aliphatic rings. The SMILES string of the molecule is CC(=O)c1c(C)[nH]c(C(=O)NCCCCCN2CCCCC2)c1C. The Morgan fingerprint density at radius 1 is 1.08 bits per heavy atom. The number of carbonyl (C=O) groups is 2. The van der Waals surface area contributed by atoms with Crippen molar-refractivity contribution in [3.8, 4) is 0 Å². The average molecular weight is 333 g/mol. The van der Waals surface area contributed by atoms with Crippen LogP contribution in [-0.2, 0) is 0 Å². The Kier molecular flexibility index (Phi) is 7.03. The van der Waals surface area contributed by atoms with E-state index >= 15 is 0 Å². The molecule has 1 fully saturated rings. The van der Waals surface area contributed by atoms with E-state index in [9.17, 15) is 9.59 Å². The van der Waals surface area contributed by atoms with E-state index in [1.54, 1.807) is 0 Å². The second-order valence-corrected chi connectivity index (χ2v) is 6.90. The van der Waals surface area contributed by atoms with Crippen LogP contribution in [0.5, 0.6) is 0 Å². The third-order valence-corrected chi connectivity index (χ3v) is 4.90. The minimum atomic E-state index is -0.112. The van der Waals surface area contributed by atoms with Crippen LogP contribution in [0.25, 0.3) is 0 Å². The molecule has 0 atom stereocenters. The van der Waals surface area contributed by atoms with Crippen molar-refractivity contribution in [3.63, 3.8) is 0 Å². The first-order valence-electron chi connectivity index (χ1n) is 9.21. The first-order valence-corrected chi connectivity index (χ1v) is 9.21. The van der Waals surface area contributed by atoms with Crippen molar-refractivity contribution in [2.75, 3.05) is 26.2 Å². The molecule has 5 heteroatoms. The summed E-state index contributed by atoms with van der Waals surface area (Å²) in [5.41, 5.74) is 2.68. The van der Waals surface area contributed by atoms with Crippen molar-refractivity contribution < 1.29 is 9.59 Å². The fourth-order valence-corrected chi connectivity index (χ4v) is 3.62. The summed E-state index contributed by atoms with van der Waals surface area (Å²) in [5, 5.41) is 2.96. The molecule has 0 aromatic carbocycles. The number of nitrogens with zero attached hydrogens (tertiary/aromatic N) is 1. The molecule has 1 aromatic rings. The molecule has 134 valence electrons. The van der Waals surface area contributed by atoms with Gasteiger partial charge < -0.3 is 15.2 Å². The molecule has 2 rings (SSSR count). The van der Waals surface area contributed by atoms with Crippen molar-refractivity contribution in [2.45, 2.75) is 59.3 Å².